The Kier molecular flexibility index (Phi) is 6.10. The van der Waals surface area contributed by atoms with Gasteiger partial charge in [0.05, 0.1) is 13.7 Å². The van der Waals surface area contributed by atoms with Gasteiger partial charge >= 0.3 is 5.97 Å². The number of fused-ring (bicyclic) bond motifs is 1. The van der Waals surface area contributed by atoms with Crippen molar-refractivity contribution in [3.63, 3.8) is 0 Å². The molecule has 3 rings (SSSR count). The summed E-state index contributed by atoms with van der Waals surface area (Å²) in [6.07, 6.45) is 9.73. The Morgan fingerprint density at radius 2 is 1.86 bits per heavy atom. The number of benzene rings is 2. The van der Waals surface area contributed by atoms with E-state index in [0.717, 1.165) is 29.7 Å². The van der Waals surface area contributed by atoms with E-state index in [1.54, 1.807) is 6.08 Å². The van der Waals surface area contributed by atoms with E-state index < -0.39 is 0 Å². The standard InChI is InChI=1S/C26H25NO2/c1-5-17-27-18-16-26(2,3)23-19-22(12-14-24(23)27)11-10-20-6-8-21(9-7-20)13-15-25(28)29-4/h1,6-9,12-15,19H,16-18H2,2-4H3/b15-13+. The second-order valence-electron chi connectivity index (χ2n) is 7.72. The number of carbonyl (C=O) groups excluding carboxylic acids is 1. The molecule has 0 atom stereocenters. The Morgan fingerprint density at radius 3 is 2.55 bits per heavy atom. The quantitative estimate of drug-likeness (QED) is 0.447. The van der Waals surface area contributed by atoms with Crippen LogP contribution < -0.4 is 4.90 Å². The molecule has 1 aliphatic heterocycles. The minimum Gasteiger partial charge on any atom is -0.466 e. The van der Waals surface area contributed by atoms with Crippen LogP contribution in [0, 0.1) is 24.2 Å². The molecule has 0 saturated heterocycles. The summed E-state index contributed by atoms with van der Waals surface area (Å²) < 4.78 is 4.60. The second kappa shape index (κ2) is 8.72. The molecule has 0 aromatic heterocycles. The zero-order valence-corrected chi connectivity index (χ0v) is 17.2. The normalized spacial score (nSPS) is 14.5. The van der Waals surface area contributed by atoms with Crippen LogP contribution in [0.25, 0.3) is 6.08 Å². The molecule has 3 heteroatoms. The maximum Gasteiger partial charge on any atom is 0.330 e. The average Bonchev–Trinajstić information content (AvgIpc) is 2.73. The number of carbonyl (C=O) groups is 1. The zero-order valence-electron chi connectivity index (χ0n) is 17.2. The highest BCUT2D eigenvalue weighted by atomic mass is 16.5. The van der Waals surface area contributed by atoms with Crippen LogP contribution in [-0.2, 0) is 14.9 Å². The molecule has 0 N–H and O–H groups in total. The van der Waals surface area contributed by atoms with Crippen LogP contribution in [-0.4, -0.2) is 26.2 Å². The third kappa shape index (κ3) is 4.89. The Bertz CT molecular complexity index is 1030. The number of nitrogens with zero attached hydrogens (tertiary/aromatic N) is 1. The van der Waals surface area contributed by atoms with Crippen LogP contribution in [0.15, 0.2) is 48.5 Å². The summed E-state index contributed by atoms with van der Waals surface area (Å²) >= 11 is 0. The smallest absolute Gasteiger partial charge is 0.330 e. The van der Waals surface area contributed by atoms with Gasteiger partial charge in [-0.1, -0.05) is 43.7 Å². The van der Waals surface area contributed by atoms with Gasteiger partial charge in [-0.3, -0.25) is 0 Å². The summed E-state index contributed by atoms with van der Waals surface area (Å²) in [5.41, 5.74) is 5.46. The van der Waals surface area contributed by atoms with Crippen molar-refractivity contribution in [1.82, 2.24) is 0 Å². The van der Waals surface area contributed by atoms with Crippen LogP contribution in [0.3, 0.4) is 0 Å². The van der Waals surface area contributed by atoms with E-state index in [1.165, 1.54) is 24.4 Å². The van der Waals surface area contributed by atoms with Gasteiger partial charge in [0.1, 0.15) is 0 Å². The lowest BCUT2D eigenvalue weighted by molar-refractivity contribution is -0.134. The predicted octanol–water partition coefficient (Wildman–Crippen LogP) is 4.39. The first kappa shape index (κ1) is 20.3. The number of anilines is 1. The summed E-state index contributed by atoms with van der Waals surface area (Å²) in [7, 11) is 1.36. The molecule has 0 saturated carbocycles. The average molecular weight is 383 g/mol. The van der Waals surface area contributed by atoms with Gasteiger partial charge in [0.15, 0.2) is 0 Å². The summed E-state index contributed by atoms with van der Waals surface area (Å²) in [6, 6.07) is 14.1. The number of rotatable bonds is 3. The fraction of sp³-hybridized carbons (Fsp3) is 0.269. The molecule has 1 aliphatic rings. The first-order chi connectivity index (χ1) is 13.9. The highest BCUT2D eigenvalue weighted by Gasteiger charge is 2.30. The molecular formula is C26H25NO2. The molecule has 0 spiro atoms. The molecule has 2 aromatic carbocycles. The van der Waals surface area contributed by atoms with E-state index in [1.807, 2.05) is 24.3 Å². The van der Waals surface area contributed by atoms with E-state index in [2.05, 4.69) is 59.4 Å². The van der Waals surface area contributed by atoms with Crippen molar-refractivity contribution in [1.29, 1.82) is 0 Å². The third-order valence-electron chi connectivity index (χ3n) is 5.23. The molecule has 1 heterocycles. The van der Waals surface area contributed by atoms with E-state index in [9.17, 15) is 4.79 Å². The van der Waals surface area contributed by atoms with Gasteiger partial charge in [-0.25, -0.2) is 4.79 Å². The van der Waals surface area contributed by atoms with Crippen molar-refractivity contribution in [2.45, 2.75) is 25.7 Å². The number of ether oxygens (including phenoxy) is 1. The Labute approximate surface area is 173 Å². The third-order valence-corrected chi connectivity index (χ3v) is 5.23. The fourth-order valence-electron chi connectivity index (χ4n) is 3.43. The second-order valence-corrected chi connectivity index (χ2v) is 7.72. The van der Waals surface area contributed by atoms with Crippen LogP contribution in [0.5, 0.6) is 0 Å². The number of methoxy groups -OCH3 is 1. The first-order valence-corrected chi connectivity index (χ1v) is 9.64. The largest absolute Gasteiger partial charge is 0.466 e. The summed E-state index contributed by atoms with van der Waals surface area (Å²) in [5.74, 6) is 8.88. The van der Waals surface area contributed by atoms with Gasteiger partial charge in [-0.2, -0.15) is 0 Å². The lowest BCUT2D eigenvalue weighted by atomic mass is 9.77. The van der Waals surface area contributed by atoms with Gasteiger partial charge in [-0.05, 0) is 59.4 Å². The molecule has 0 radical (unpaired) electrons. The lowest BCUT2D eigenvalue weighted by Gasteiger charge is -2.39. The molecular weight excluding hydrogens is 358 g/mol. The van der Waals surface area contributed by atoms with Crippen LogP contribution >= 0.6 is 0 Å². The van der Waals surface area contributed by atoms with Crippen molar-refractivity contribution < 1.29 is 9.53 Å². The molecule has 146 valence electrons. The highest BCUT2D eigenvalue weighted by Crippen LogP contribution is 2.39. The fourth-order valence-corrected chi connectivity index (χ4v) is 3.43. The van der Waals surface area contributed by atoms with Gasteiger partial charge in [-0.15, -0.1) is 6.42 Å². The highest BCUT2D eigenvalue weighted by molar-refractivity contribution is 5.86. The van der Waals surface area contributed by atoms with Crippen LogP contribution in [0.1, 0.15) is 42.5 Å². The van der Waals surface area contributed by atoms with Crippen LogP contribution in [0.2, 0.25) is 0 Å². The SMILES string of the molecule is C#CCN1CCC(C)(C)c2cc(C#Cc3ccc(/C=C/C(=O)OC)cc3)ccc21. The molecule has 0 unspecified atom stereocenters. The van der Waals surface area contributed by atoms with E-state index in [0.29, 0.717) is 6.54 Å². The molecule has 29 heavy (non-hydrogen) atoms. The molecule has 2 aromatic rings. The number of hydrogen-bond donors (Lipinski definition) is 0. The van der Waals surface area contributed by atoms with E-state index in [-0.39, 0.29) is 11.4 Å². The van der Waals surface area contributed by atoms with Gasteiger partial charge in [0.25, 0.3) is 0 Å². The van der Waals surface area contributed by atoms with Crippen molar-refractivity contribution in [3.8, 4) is 24.2 Å². The van der Waals surface area contributed by atoms with E-state index in [4.69, 9.17) is 6.42 Å². The monoisotopic (exact) mass is 383 g/mol. The zero-order chi connectivity index (χ0) is 20.9. The van der Waals surface area contributed by atoms with Crippen molar-refractivity contribution in [3.05, 3.63) is 70.8 Å². The number of terminal acetylenes is 1. The maximum absolute atomic E-state index is 11.2. The van der Waals surface area contributed by atoms with Crippen molar-refractivity contribution in [2.24, 2.45) is 0 Å². The molecule has 0 amide bonds. The minimum absolute atomic E-state index is 0.103. The van der Waals surface area contributed by atoms with Gasteiger partial charge in [0, 0.05) is 29.4 Å². The molecule has 0 aliphatic carbocycles. The van der Waals surface area contributed by atoms with Crippen LogP contribution in [0.4, 0.5) is 5.69 Å². The van der Waals surface area contributed by atoms with Gasteiger partial charge < -0.3 is 9.64 Å². The van der Waals surface area contributed by atoms with Gasteiger partial charge in [0.2, 0.25) is 0 Å². The Balaban J connectivity index is 1.82. The predicted molar refractivity (Wildman–Crippen MR) is 119 cm³/mol. The molecule has 0 fully saturated rings. The summed E-state index contributed by atoms with van der Waals surface area (Å²) in [5, 5.41) is 0. The van der Waals surface area contributed by atoms with Crippen molar-refractivity contribution >= 4 is 17.7 Å². The number of hydrogen-bond acceptors (Lipinski definition) is 3. The molecule has 3 nitrogen and oxygen atoms in total. The summed E-state index contributed by atoms with van der Waals surface area (Å²) in [6.45, 7) is 6.16. The topological polar surface area (TPSA) is 29.5 Å². The molecule has 0 bridgehead atoms. The lowest BCUT2D eigenvalue weighted by Crippen LogP contribution is -2.37. The Hall–Kier alpha value is -3.43. The van der Waals surface area contributed by atoms with Crippen molar-refractivity contribution in [2.75, 3.05) is 25.1 Å². The Morgan fingerprint density at radius 1 is 1.17 bits per heavy atom. The maximum atomic E-state index is 11.2. The number of esters is 1. The first-order valence-electron chi connectivity index (χ1n) is 9.64. The van der Waals surface area contributed by atoms with E-state index >= 15 is 0 Å². The summed E-state index contributed by atoms with van der Waals surface area (Å²) in [4.78, 5) is 13.4. The minimum atomic E-state index is -0.370.